The lowest BCUT2D eigenvalue weighted by Gasteiger charge is -2.11. The van der Waals surface area contributed by atoms with E-state index in [4.69, 9.17) is 0 Å². The van der Waals surface area contributed by atoms with Gasteiger partial charge in [-0.25, -0.2) is 0 Å². The molecule has 0 saturated heterocycles. The molecule has 0 aliphatic rings. The average molecular weight is 267 g/mol. The van der Waals surface area contributed by atoms with Crippen molar-refractivity contribution in [2.45, 2.75) is 69.2 Å². The highest BCUT2D eigenvalue weighted by Gasteiger charge is 2.03. The SMILES string of the molecule is C.C=C(C)/C=C\C(=C/C)CC(C)C(=C)C.CC.CC. The van der Waals surface area contributed by atoms with E-state index in [2.05, 4.69) is 52.2 Å². The van der Waals surface area contributed by atoms with E-state index in [9.17, 15) is 0 Å². The standard InChI is InChI=1S/C14H22.2C2H6.CH4/c1-7-14(9-8-11(2)3)10-13(6)12(4)5;2*1-2;/h7-9,13H,2,4,10H2,1,3,5-6H3;2*1-2H3;1H4/b9-8-,14-7+;;;. The quantitative estimate of drug-likeness (QED) is 0.360. The van der Waals surface area contributed by atoms with E-state index in [1.54, 1.807) is 0 Å². The highest BCUT2D eigenvalue weighted by molar-refractivity contribution is 5.26. The Bertz CT molecular complexity index is 264. The maximum atomic E-state index is 3.97. The summed E-state index contributed by atoms with van der Waals surface area (Å²) in [6.07, 6.45) is 7.41. The molecule has 0 aromatic heterocycles. The third-order valence-electron chi connectivity index (χ3n) is 2.34. The van der Waals surface area contributed by atoms with Crippen LogP contribution in [0.4, 0.5) is 0 Å². The Morgan fingerprint density at radius 1 is 1.00 bits per heavy atom. The molecule has 1 unspecified atom stereocenters. The molecule has 0 rings (SSSR count). The second-order valence-corrected chi connectivity index (χ2v) is 3.99. The van der Waals surface area contributed by atoms with Crippen LogP contribution in [0.3, 0.4) is 0 Å². The van der Waals surface area contributed by atoms with Crippen LogP contribution >= 0.6 is 0 Å². The Morgan fingerprint density at radius 2 is 1.42 bits per heavy atom. The van der Waals surface area contributed by atoms with Gasteiger partial charge < -0.3 is 0 Å². The van der Waals surface area contributed by atoms with E-state index in [1.165, 1.54) is 11.1 Å². The molecule has 0 radical (unpaired) electrons. The molecule has 0 aliphatic heterocycles. The Hall–Kier alpha value is -1.04. The summed E-state index contributed by atoms with van der Waals surface area (Å²) < 4.78 is 0. The lowest BCUT2D eigenvalue weighted by atomic mass is 9.95. The van der Waals surface area contributed by atoms with Crippen molar-refractivity contribution in [2.75, 3.05) is 0 Å². The predicted octanol–water partition coefficient (Wildman–Crippen LogP) is 7.36. The number of rotatable bonds is 5. The Kier molecular flexibility index (Phi) is 26.9. The second kappa shape index (κ2) is 19.3. The van der Waals surface area contributed by atoms with Crippen molar-refractivity contribution in [1.82, 2.24) is 0 Å². The predicted molar refractivity (Wildman–Crippen MR) is 95.7 cm³/mol. The minimum atomic E-state index is 0. The van der Waals surface area contributed by atoms with E-state index in [0.29, 0.717) is 5.92 Å². The van der Waals surface area contributed by atoms with Gasteiger partial charge in [-0.05, 0) is 33.1 Å². The molecule has 0 heteroatoms. The fraction of sp³-hybridized carbons (Fsp3) is 0.579. The molecular formula is C19H38. The van der Waals surface area contributed by atoms with Crippen LogP contribution < -0.4 is 0 Å². The zero-order valence-corrected chi connectivity index (χ0v) is 13.9. The lowest BCUT2D eigenvalue weighted by molar-refractivity contribution is 0.682. The molecule has 0 aromatic carbocycles. The van der Waals surface area contributed by atoms with E-state index >= 15 is 0 Å². The molecule has 0 saturated carbocycles. The molecule has 0 N–H and O–H groups in total. The van der Waals surface area contributed by atoms with Gasteiger partial charge in [0.2, 0.25) is 0 Å². The maximum Gasteiger partial charge on any atom is -0.0197 e. The molecule has 0 heterocycles. The van der Waals surface area contributed by atoms with Crippen LogP contribution in [0.5, 0.6) is 0 Å². The Labute approximate surface area is 124 Å². The maximum absolute atomic E-state index is 3.97. The summed E-state index contributed by atoms with van der Waals surface area (Å²) in [5.74, 6) is 0.552. The first kappa shape index (κ1) is 26.5. The van der Waals surface area contributed by atoms with Gasteiger partial charge in [-0.2, -0.15) is 0 Å². The topological polar surface area (TPSA) is 0 Å². The minimum Gasteiger partial charge on any atom is -0.0999 e. The van der Waals surface area contributed by atoms with E-state index in [1.807, 2.05) is 34.6 Å². The molecule has 0 amide bonds. The minimum absolute atomic E-state index is 0. The first-order valence-electron chi connectivity index (χ1n) is 7.11. The summed E-state index contributed by atoms with van der Waals surface area (Å²) in [7, 11) is 0. The Morgan fingerprint density at radius 3 is 1.68 bits per heavy atom. The van der Waals surface area contributed by atoms with Crippen molar-refractivity contribution in [1.29, 1.82) is 0 Å². The zero-order valence-electron chi connectivity index (χ0n) is 13.9. The van der Waals surface area contributed by atoms with Gasteiger partial charge in [-0.3, -0.25) is 0 Å². The first-order valence-corrected chi connectivity index (χ1v) is 7.11. The highest BCUT2D eigenvalue weighted by Crippen LogP contribution is 2.18. The van der Waals surface area contributed by atoms with E-state index < -0.39 is 0 Å². The molecule has 19 heavy (non-hydrogen) atoms. The molecule has 0 bridgehead atoms. The van der Waals surface area contributed by atoms with Gasteiger partial charge >= 0.3 is 0 Å². The summed E-state index contributed by atoms with van der Waals surface area (Å²) in [5.41, 5.74) is 3.68. The van der Waals surface area contributed by atoms with Crippen LogP contribution in [0, 0.1) is 5.92 Å². The average Bonchev–Trinajstić information content (AvgIpc) is 2.38. The fourth-order valence-electron chi connectivity index (χ4n) is 1.06. The van der Waals surface area contributed by atoms with Crippen molar-refractivity contribution >= 4 is 0 Å². The summed E-state index contributed by atoms with van der Waals surface area (Å²) in [4.78, 5) is 0. The van der Waals surface area contributed by atoms with E-state index in [0.717, 1.165) is 12.0 Å². The molecular weight excluding hydrogens is 228 g/mol. The Balaban J connectivity index is -0.000000204. The van der Waals surface area contributed by atoms with Crippen molar-refractivity contribution in [3.63, 3.8) is 0 Å². The first-order chi connectivity index (χ1) is 8.47. The zero-order chi connectivity index (χ0) is 15.1. The van der Waals surface area contributed by atoms with Crippen molar-refractivity contribution in [3.8, 4) is 0 Å². The van der Waals surface area contributed by atoms with Gasteiger partial charge in [-0.15, -0.1) is 0 Å². The smallest absolute Gasteiger partial charge is 0.0197 e. The van der Waals surface area contributed by atoms with Crippen LogP contribution in [0.25, 0.3) is 0 Å². The number of allylic oxidation sites excluding steroid dienone is 6. The van der Waals surface area contributed by atoms with Gasteiger partial charge in [0.15, 0.2) is 0 Å². The monoisotopic (exact) mass is 266 g/mol. The molecule has 0 nitrogen and oxygen atoms in total. The second-order valence-electron chi connectivity index (χ2n) is 3.99. The highest BCUT2D eigenvalue weighted by atomic mass is 14.1. The van der Waals surface area contributed by atoms with Crippen LogP contribution in [0.2, 0.25) is 0 Å². The molecule has 114 valence electrons. The van der Waals surface area contributed by atoms with Gasteiger partial charge in [0.05, 0.1) is 0 Å². The van der Waals surface area contributed by atoms with Crippen molar-refractivity contribution in [3.05, 3.63) is 48.1 Å². The third-order valence-corrected chi connectivity index (χ3v) is 2.34. The van der Waals surface area contributed by atoms with E-state index in [-0.39, 0.29) is 7.43 Å². The number of hydrogen-bond donors (Lipinski definition) is 0. The molecule has 0 aliphatic carbocycles. The lowest BCUT2D eigenvalue weighted by Crippen LogP contribution is -1.96. The molecule has 0 fully saturated rings. The fourth-order valence-corrected chi connectivity index (χ4v) is 1.06. The van der Waals surface area contributed by atoms with Crippen LogP contribution in [0.15, 0.2) is 48.1 Å². The van der Waals surface area contributed by atoms with Gasteiger partial charge in [0.1, 0.15) is 0 Å². The van der Waals surface area contributed by atoms with Gasteiger partial charge in [-0.1, -0.05) is 90.2 Å². The summed E-state index contributed by atoms with van der Waals surface area (Å²) in [6, 6.07) is 0. The molecule has 0 aromatic rings. The molecule has 1 atom stereocenters. The summed E-state index contributed by atoms with van der Waals surface area (Å²) in [6.45, 7) is 24.2. The van der Waals surface area contributed by atoms with Gasteiger partial charge in [0.25, 0.3) is 0 Å². The summed E-state index contributed by atoms with van der Waals surface area (Å²) in [5, 5.41) is 0. The third kappa shape index (κ3) is 19.5. The van der Waals surface area contributed by atoms with Gasteiger partial charge in [0, 0.05) is 0 Å². The number of hydrogen-bond acceptors (Lipinski definition) is 0. The van der Waals surface area contributed by atoms with Crippen LogP contribution in [-0.2, 0) is 0 Å². The van der Waals surface area contributed by atoms with Crippen molar-refractivity contribution < 1.29 is 0 Å². The largest absolute Gasteiger partial charge is 0.0999 e. The normalized spacial score (nSPS) is 11.3. The molecule has 0 spiro atoms. The van der Waals surface area contributed by atoms with Crippen LogP contribution in [0.1, 0.15) is 69.2 Å². The van der Waals surface area contributed by atoms with Crippen LogP contribution in [-0.4, -0.2) is 0 Å². The summed E-state index contributed by atoms with van der Waals surface area (Å²) >= 11 is 0. The van der Waals surface area contributed by atoms with Crippen molar-refractivity contribution in [2.24, 2.45) is 5.92 Å².